The first-order chi connectivity index (χ1) is 11.3. The SMILES string of the molecule is CCOc1c(/C(C)=C/C(=O)NCC(C)C)cc2c(C)coc2c1C. The molecule has 0 saturated heterocycles. The van der Waals surface area contributed by atoms with E-state index in [9.17, 15) is 4.79 Å². The molecular formula is C20H27NO3. The molecule has 0 fully saturated rings. The molecule has 130 valence electrons. The molecule has 0 radical (unpaired) electrons. The molecular weight excluding hydrogens is 302 g/mol. The summed E-state index contributed by atoms with van der Waals surface area (Å²) in [6.07, 6.45) is 3.40. The molecule has 0 spiro atoms. The molecule has 1 N–H and O–H groups in total. The number of fused-ring (bicyclic) bond motifs is 1. The topological polar surface area (TPSA) is 51.5 Å². The summed E-state index contributed by atoms with van der Waals surface area (Å²) in [7, 11) is 0. The van der Waals surface area contributed by atoms with Gasteiger partial charge in [-0.3, -0.25) is 4.79 Å². The van der Waals surface area contributed by atoms with E-state index in [1.54, 1.807) is 12.3 Å². The number of allylic oxidation sites excluding steroid dienone is 1. The van der Waals surface area contributed by atoms with Gasteiger partial charge in [0.1, 0.15) is 11.3 Å². The molecule has 2 aromatic rings. The standard InChI is InChI=1S/C20H27NO3/c1-7-23-19-15(6)20-17(14(5)11-24-20)9-16(19)13(4)8-18(22)21-10-12(2)3/h8-9,11-12H,7,10H2,1-6H3,(H,21,22)/b13-8+. The van der Waals surface area contributed by atoms with Gasteiger partial charge in [-0.2, -0.15) is 0 Å². The van der Waals surface area contributed by atoms with Gasteiger partial charge in [0.25, 0.3) is 0 Å². The molecule has 0 bridgehead atoms. The maximum Gasteiger partial charge on any atom is 0.244 e. The summed E-state index contributed by atoms with van der Waals surface area (Å²) < 4.78 is 11.5. The van der Waals surface area contributed by atoms with Crippen molar-refractivity contribution in [3.8, 4) is 5.75 Å². The zero-order chi connectivity index (χ0) is 17.9. The highest BCUT2D eigenvalue weighted by molar-refractivity contribution is 5.98. The Labute approximate surface area is 143 Å². The molecule has 24 heavy (non-hydrogen) atoms. The Balaban J connectivity index is 2.47. The molecule has 4 heteroatoms. The van der Waals surface area contributed by atoms with Gasteiger partial charge in [0.15, 0.2) is 0 Å². The van der Waals surface area contributed by atoms with E-state index in [4.69, 9.17) is 9.15 Å². The smallest absolute Gasteiger partial charge is 0.244 e. The zero-order valence-corrected chi connectivity index (χ0v) is 15.4. The third-order valence-corrected chi connectivity index (χ3v) is 3.98. The summed E-state index contributed by atoms with van der Waals surface area (Å²) in [6, 6.07) is 2.05. The molecule has 2 rings (SSSR count). The predicted octanol–water partition coefficient (Wildman–Crippen LogP) is 4.62. The molecule has 0 saturated carbocycles. The first kappa shape index (κ1) is 18.1. The first-order valence-corrected chi connectivity index (χ1v) is 8.45. The lowest BCUT2D eigenvalue weighted by molar-refractivity contribution is -0.116. The zero-order valence-electron chi connectivity index (χ0n) is 15.4. The highest BCUT2D eigenvalue weighted by Gasteiger charge is 2.17. The predicted molar refractivity (Wildman–Crippen MR) is 98.4 cm³/mol. The van der Waals surface area contributed by atoms with Crippen molar-refractivity contribution in [2.45, 2.75) is 41.5 Å². The van der Waals surface area contributed by atoms with E-state index in [0.717, 1.165) is 39.0 Å². The maximum atomic E-state index is 12.1. The molecule has 0 aliphatic rings. The fourth-order valence-electron chi connectivity index (χ4n) is 2.69. The Kier molecular flexibility index (Phi) is 5.71. The van der Waals surface area contributed by atoms with Crippen LogP contribution in [0.1, 0.15) is 44.4 Å². The van der Waals surface area contributed by atoms with Gasteiger partial charge in [-0.1, -0.05) is 13.8 Å². The minimum atomic E-state index is -0.0784. The van der Waals surface area contributed by atoms with E-state index in [-0.39, 0.29) is 5.91 Å². The number of aryl methyl sites for hydroxylation is 2. The van der Waals surface area contributed by atoms with Crippen molar-refractivity contribution in [2.24, 2.45) is 5.92 Å². The number of rotatable bonds is 6. The average molecular weight is 329 g/mol. The number of ether oxygens (including phenoxy) is 1. The lowest BCUT2D eigenvalue weighted by Crippen LogP contribution is -2.25. The lowest BCUT2D eigenvalue weighted by Gasteiger charge is -2.14. The van der Waals surface area contributed by atoms with Crippen LogP contribution in [0.25, 0.3) is 16.5 Å². The van der Waals surface area contributed by atoms with Gasteiger partial charge in [0.2, 0.25) is 5.91 Å². The molecule has 0 atom stereocenters. The molecule has 1 aromatic heterocycles. The van der Waals surface area contributed by atoms with Crippen molar-refractivity contribution in [1.82, 2.24) is 5.32 Å². The average Bonchev–Trinajstić information content (AvgIpc) is 2.89. The van der Waals surface area contributed by atoms with Crippen LogP contribution in [-0.4, -0.2) is 19.1 Å². The van der Waals surface area contributed by atoms with Crippen LogP contribution in [-0.2, 0) is 4.79 Å². The van der Waals surface area contributed by atoms with Crippen LogP contribution in [0.15, 0.2) is 22.8 Å². The maximum absolute atomic E-state index is 12.1. The van der Waals surface area contributed by atoms with Gasteiger partial charge in [-0.15, -0.1) is 0 Å². The normalized spacial score (nSPS) is 12.0. The fraction of sp³-hybridized carbons (Fsp3) is 0.450. The Bertz CT molecular complexity index is 769. The van der Waals surface area contributed by atoms with E-state index in [0.29, 0.717) is 19.1 Å². The molecule has 1 amide bonds. The minimum Gasteiger partial charge on any atom is -0.493 e. The van der Waals surface area contributed by atoms with Gasteiger partial charge >= 0.3 is 0 Å². The van der Waals surface area contributed by atoms with Crippen LogP contribution < -0.4 is 10.1 Å². The summed E-state index contributed by atoms with van der Waals surface area (Å²) in [4.78, 5) is 12.1. The molecule has 0 aliphatic heterocycles. The van der Waals surface area contributed by atoms with Crippen molar-refractivity contribution in [1.29, 1.82) is 0 Å². The van der Waals surface area contributed by atoms with Crippen LogP contribution in [0, 0.1) is 19.8 Å². The molecule has 0 unspecified atom stereocenters. The summed E-state index contributed by atoms with van der Waals surface area (Å²) in [6.45, 7) is 13.3. The van der Waals surface area contributed by atoms with Gasteiger partial charge in [0, 0.05) is 29.1 Å². The van der Waals surface area contributed by atoms with E-state index >= 15 is 0 Å². The summed E-state index contributed by atoms with van der Waals surface area (Å²) in [5.41, 5.74) is 4.70. The second-order valence-electron chi connectivity index (χ2n) is 6.57. The Morgan fingerprint density at radius 1 is 1.38 bits per heavy atom. The van der Waals surface area contributed by atoms with Crippen molar-refractivity contribution in [2.75, 3.05) is 13.2 Å². The van der Waals surface area contributed by atoms with Gasteiger partial charge < -0.3 is 14.5 Å². The van der Waals surface area contributed by atoms with Crippen molar-refractivity contribution < 1.29 is 13.9 Å². The molecule has 4 nitrogen and oxygen atoms in total. The second kappa shape index (κ2) is 7.56. The second-order valence-corrected chi connectivity index (χ2v) is 6.57. The van der Waals surface area contributed by atoms with Gasteiger partial charge in [0.05, 0.1) is 12.9 Å². The third-order valence-electron chi connectivity index (χ3n) is 3.98. The van der Waals surface area contributed by atoms with E-state index in [1.807, 2.05) is 33.8 Å². The molecule has 0 aliphatic carbocycles. The van der Waals surface area contributed by atoms with Crippen molar-refractivity contribution >= 4 is 22.4 Å². The summed E-state index contributed by atoms with van der Waals surface area (Å²) in [5, 5.41) is 3.97. The minimum absolute atomic E-state index is 0.0784. The number of carbonyl (C=O) groups is 1. The Hall–Kier alpha value is -2.23. The Morgan fingerprint density at radius 2 is 2.08 bits per heavy atom. The number of amides is 1. The fourth-order valence-corrected chi connectivity index (χ4v) is 2.69. The Morgan fingerprint density at radius 3 is 2.71 bits per heavy atom. The number of nitrogens with one attached hydrogen (secondary N) is 1. The van der Waals surface area contributed by atoms with Crippen LogP contribution in [0.5, 0.6) is 5.75 Å². The van der Waals surface area contributed by atoms with Gasteiger partial charge in [-0.05, 0) is 50.8 Å². The van der Waals surface area contributed by atoms with Gasteiger partial charge in [-0.25, -0.2) is 0 Å². The quantitative estimate of drug-likeness (QED) is 0.787. The monoisotopic (exact) mass is 329 g/mol. The molecule has 1 aromatic carbocycles. The largest absolute Gasteiger partial charge is 0.493 e. The number of furan rings is 1. The number of hydrogen-bond acceptors (Lipinski definition) is 3. The molecule has 1 heterocycles. The first-order valence-electron chi connectivity index (χ1n) is 8.45. The lowest BCUT2D eigenvalue weighted by atomic mass is 9.98. The highest BCUT2D eigenvalue weighted by Crippen LogP contribution is 2.37. The number of hydrogen-bond donors (Lipinski definition) is 1. The number of carbonyl (C=O) groups excluding carboxylic acids is 1. The van der Waals surface area contributed by atoms with Crippen LogP contribution in [0.3, 0.4) is 0 Å². The number of benzene rings is 1. The van der Waals surface area contributed by atoms with Crippen LogP contribution in [0.4, 0.5) is 0 Å². The van der Waals surface area contributed by atoms with Crippen molar-refractivity contribution in [3.63, 3.8) is 0 Å². The summed E-state index contributed by atoms with van der Waals surface area (Å²) in [5.74, 6) is 1.13. The highest BCUT2D eigenvalue weighted by atomic mass is 16.5. The van der Waals surface area contributed by atoms with Crippen molar-refractivity contribution in [3.05, 3.63) is 35.1 Å². The third kappa shape index (κ3) is 3.81. The van der Waals surface area contributed by atoms with E-state index < -0.39 is 0 Å². The van der Waals surface area contributed by atoms with E-state index in [2.05, 4.69) is 19.2 Å². The van der Waals surface area contributed by atoms with Crippen LogP contribution in [0.2, 0.25) is 0 Å². The van der Waals surface area contributed by atoms with E-state index in [1.165, 1.54) is 0 Å². The van der Waals surface area contributed by atoms with Crippen LogP contribution >= 0.6 is 0 Å². The summed E-state index contributed by atoms with van der Waals surface area (Å²) >= 11 is 0.